The van der Waals surface area contributed by atoms with E-state index in [1.807, 2.05) is 27.7 Å². The van der Waals surface area contributed by atoms with E-state index in [0.29, 0.717) is 18.2 Å². The monoisotopic (exact) mass is 333 g/mol. The maximum atomic E-state index is 12.0. The maximum absolute atomic E-state index is 12.0. The van der Waals surface area contributed by atoms with Crippen LogP contribution < -0.4 is 10.6 Å². The van der Waals surface area contributed by atoms with E-state index in [-0.39, 0.29) is 4.75 Å². The molecule has 0 aliphatic rings. The lowest BCUT2D eigenvalue weighted by molar-refractivity contribution is 0.109. The summed E-state index contributed by atoms with van der Waals surface area (Å²) in [6.07, 6.45) is 0.914. The average molecular weight is 334 g/mol. The number of nitrogens with zero attached hydrogens (tertiary/aromatic N) is 1. The van der Waals surface area contributed by atoms with Crippen molar-refractivity contribution in [1.82, 2.24) is 10.6 Å². The van der Waals surface area contributed by atoms with Crippen molar-refractivity contribution >= 4 is 16.8 Å². The summed E-state index contributed by atoms with van der Waals surface area (Å²) >= 11 is 0. The number of hydrogen-bond acceptors (Lipinski definition) is 3. The van der Waals surface area contributed by atoms with Crippen molar-refractivity contribution in [2.24, 2.45) is 10.9 Å². The zero-order valence-electron chi connectivity index (χ0n) is 15.2. The molecule has 0 aliphatic carbocycles. The van der Waals surface area contributed by atoms with Crippen LogP contribution >= 0.6 is 0 Å². The second kappa shape index (κ2) is 11.9. The summed E-state index contributed by atoms with van der Waals surface area (Å²) in [6, 6.07) is 0. The molecule has 0 spiro atoms. The largest absolute Gasteiger partial charge is 0.381 e. The minimum absolute atomic E-state index is 0.162. The van der Waals surface area contributed by atoms with Crippen molar-refractivity contribution < 1.29 is 8.95 Å². The fourth-order valence-electron chi connectivity index (χ4n) is 1.59. The predicted octanol–water partition coefficient (Wildman–Crippen LogP) is 2.15. The molecule has 0 aromatic rings. The zero-order chi connectivity index (χ0) is 17.0. The van der Waals surface area contributed by atoms with Crippen LogP contribution in [0.4, 0.5) is 0 Å². The van der Waals surface area contributed by atoms with E-state index in [1.165, 1.54) is 0 Å². The fraction of sp³-hybridized carbons (Fsp3) is 0.938. The molecule has 5 nitrogen and oxygen atoms in total. The molecular weight excluding hydrogens is 298 g/mol. The first-order valence-electron chi connectivity index (χ1n) is 8.25. The summed E-state index contributed by atoms with van der Waals surface area (Å²) in [5.41, 5.74) is 0. The van der Waals surface area contributed by atoms with Gasteiger partial charge >= 0.3 is 0 Å². The fourth-order valence-corrected chi connectivity index (χ4v) is 2.49. The molecule has 0 radical (unpaired) electrons. The molecule has 0 saturated heterocycles. The minimum Gasteiger partial charge on any atom is -0.381 e. The second-order valence-electron chi connectivity index (χ2n) is 6.67. The Kier molecular flexibility index (Phi) is 11.5. The summed E-state index contributed by atoms with van der Waals surface area (Å²) in [5, 5.41) is 6.44. The van der Waals surface area contributed by atoms with Crippen LogP contribution in [0.25, 0.3) is 0 Å². The van der Waals surface area contributed by atoms with Crippen LogP contribution in [0.3, 0.4) is 0 Å². The van der Waals surface area contributed by atoms with Gasteiger partial charge in [-0.2, -0.15) is 0 Å². The first kappa shape index (κ1) is 21.4. The molecule has 0 bridgehead atoms. The lowest BCUT2D eigenvalue weighted by Crippen LogP contribution is -2.40. The van der Waals surface area contributed by atoms with Crippen LogP contribution in [0.5, 0.6) is 0 Å². The highest BCUT2D eigenvalue weighted by Gasteiger charge is 2.18. The van der Waals surface area contributed by atoms with E-state index in [0.717, 1.165) is 38.7 Å². The third-order valence-corrected chi connectivity index (χ3v) is 4.72. The Bertz CT molecular complexity index is 339. The smallest absolute Gasteiger partial charge is 0.191 e. The number of ether oxygens (including phenoxy) is 1. The Morgan fingerprint density at radius 3 is 2.50 bits per heavy atom. The first-order valence-corrected chi connectivity index (χ1v) is 9.57. The first-order chi connectivity index (χ1) is 10.3. The highest BCUT2D eigenvalue weighted by atomic mass is 32.2. The molecule has 0 saturated carbocycles. The molecule has 0 amide bonds. The highest BCUT2D eigenvalue weighted by molar-refractivity contribution is 7.86. The third-order valence-electron chi connectivity index (χ3n) is 2.78. The van der Waals surface area contributed by atoms with Crippen molar-refractivity contribution in [3.63, 3.8) is 0 Å². The van der Waals surface area contributed by atoms with Crippen LogP contribution in [0.1, 0.15) is 48.0 Å². The molecule has 1 unspecified atom stereocenters. The molecule has 0 aromatic heterocycles. The molecular formula is C16H35N3O2S. The minimum atomic E-state index is -0.838. The van der Waals surface area contributed by atoms with Crippen molar-refractivity contribution in [3.8, 4) is 0 Å². The highest BCUT2D eigenvalue weighted by Crippen LogP contribution is 2.10. The summed E-state index contributed by atoms with van der Waals surface area (Å²) in [5.74, 6) is 1.99. The molecule has 0 rings (SSSR count). The molecule has 22 heavy (non-hydrogen) atoms. The number of nitrogens with one attached hydrogen (secondary N) is 2. The van der Waals surface area contributed by atoms with E-state index in [1.54, 1.807) is 0 Å². The zero-order valence-corrected chi connectivity index (χ0v) is 16.0. The third kappa shape index (κ3) is 12.0. The van der Waals surface area contributed by atoms with Crippen LogP contribution in [0.15, 0.2) is 4.99 Å². The topological polar surface area (TPSA) is 62.7 Å². The van der Waals surface area contributed by atoms with Gasteiger partial charge in [0, 0.05) is 54.1 Å². The molecule has 0 aliphatic heterocycles. The van der Waals surface area contributed by atoms with E-state index in [2.05, 4.69) is 29.5 Å². The molecule has 132 valence electrons. The summed E-state index contributed by atoms with van der Waals surface area (Å²) < 4.78 is 17.4. The Balaban J connectivity index is 3.98. The second-order valence-corrected chi connectivity index (χ2v) is 9.00. The van der Waals surface area contributed by atoms with Gasteiger partial charge in [0.15, 0.2) is 5.96 Å². The SMILES string of the molecule is CCNC(=NCCCOCC(C)C)NCCS(=O)C(C)(C)C. The van der Waals surface area contributed by atoms with Gasteiger partial charge in [0.25, 0.3) is 0 Å². The van der Waals surface area contributed by atoms with Gasteiger partial charge in [-0.3, -0.25) is 9.20 Å². The molecule has 1 atom stereocenters. The van der Waals surface area contributed by atoms with Crippen molar-refractivity contribution in [2.45, 2.75) is 52.7 Å². The number of rotatable bonds is 10. The quantitative estimate of drug-likeness (QED) is 0.365. The standard InChI is InChI=1S/C16H35N3O2S/c1-7-17-15(18-9-8-11-21-13-14(2)3)19-10-12-22(20)16(4,5)6/h14H,7-13H2,1-6H3,(H2,17,18,19). The Labute approximate surface area is 139 Å². The van der Waals surface area contributed by atoms with Crippen LogP contribution in [0.2, 0.25) is 0 Å². The van der Waals surface area contributed by atoms with Gasteiger partial charge in [0.2, 0.25) is 0 Å². The molecule has 6 heteroatoms. The number of aliphatic imine (C=N–C) groups is 1. The average Bonchev–Trinajstić information content (AvgIpc) is 2.40. The van der Waals surface area contributed by atoms with E-state index in [4.69, 9.17) is 4.74 Å². The summed E-state index contributed by atoms with van der Waals surface area (Å²) in [7, 11) is -0.838. The van der Waals surface area contributed by atoms with Gasteiger partial charge in [0.1, 0.15) is 0 Å². The van der Waals surface area contributed by atoms with E-state index < -0.39 is 10.8 Å². The molecule has 0 aromatic carbocycles. The van der Waals surface area contributed by atoms with Gasteiger partial charge in [-0.05, 0) is 40.0 Å². The summed E-state index contributed by atoms with van der Waals surface area (Å²) in [6.45, 7) is 16.1. The van der Waals surface area contributed by atoms with Crippen LogP contribution in [-0.2, 0) is 15.5 Å². The van der Waals surface area contributed by atoms with Crippen molar-refractivity contribution in [3.05, 3.63) is 0 Å². The maximum Gasteiger partial charge on any atom is 0.191 e. The van der Waals surface area contributed by atoms with Crippen LogP contribution in [0, 0.1) is 5.92 Å². The Hall–Kier alpha value is -0.620. The number of guanidine groups is 1. The van der Waals surface area contributed by atoms with Gasteiger partial charge in [0.05, 0.1) is 0 Å². The predicted molar refractivity (Wildman–Crippen MR) is 97.0 cm³/mol. The van der Waals surface area contributed by atoms with E-state index in [9.17, 15) is 4.21 Å². The Morgan fingerprint density at radius 1 is 1.27 bits per heavy atom. The summed E-state index contributed by atoms with van der Waals surface area (Å²) in [4.78, 5) is 4.50. The van der Waals surface area contributed by atoms with Crippen molar-refractivity contribution in [1.29, 1.82) is 0 Å². The van der Waals surface area contributed by atoms with Gasteiger partial charge < -0.3 is 15.4 Å². The number of hydrogen-bond donors (Lipinski definition) is 2. The van der Waals surface area contributed by atoms with Gasteiger partial charge in [-0.1, -0.05) is 13.8 Å². The van der Waals surface area contributed by atoms with E-state index >= 15 is 0 Å². The molecule has 0 heterocycles. The normalized spacial score (nSPS) is 14.2. The van der Waals surface area contributed by atoms with Gasteiger partial charge in [-0.25, -0.2) is 0 Å². The lowest BCUT2D eigenvalue weighted by Gasteiger charge is -2.18. The molecule has 2 N–H and O–H groups in total. The van der Waals surface area contributed by atoms with Crippen molar-refractivity contribution in [2.75, 3.05) is 38.6 Å². The van der Waals surface area contributed by atoms with Crippen LogP contribution in [-0.4, -0.2) is 53.5 Å². The lowest BCUT2D eigenvalue weighted by atomic mass is 10.2. The molecule has 0 fully saturated rings. The van der Waals surface area contributed by atoms with Gasteiger partial charge in [-0.15, -0.1) is 0 Å². The Morgan fingerprint density at radius 2 is 1.95 bits per heavy atom.